The molecule has 0 atom stereocenters. The van der Waals surface area contributed by atoms with Crippen LogP contribution >= 0.6 is 0 Å². The van der Waals surface area contributed by atoms with E-state index >= 15 is 0 Å². The number of anilines is 1. The molecule has 2 N–H and O–H groups in total. The first-order valence-electron chi connectivity index (χ1n) is 6.10. The first-order chi connectivity index (χ1) is 9.92. The van der Waals surface area contributed by atoms with Crippen LogP contribution in [0.5, 0.6) is 0 Å². The predicted octanol–water partition coefficient (Wildman–Crippen LogP) is 2.30. The van der Waals surface area contributed by atoms with Gasteiger partial charge in [-0.3, -0.25) is 4.72 Å². The van der Waals surface area contributed by atoms with Gasteiger partial charge in [0, 0.05) is 12.3 Å². The molecule has 21 heavy (non-hydrogen) atoms. The molecule has 0 radical (unpaired) electrons. The Labute approximate surface area is 121 Å². The molecule has 0 heterocycles. The first-order valence-corrected chi connectivity index (χ1v) is 7.58. The van der Waals surface area contributed by atoms with Crippen LogP contribution in [0, 0.1) is 11.6 Å². The lowest BCUT2D eigenvalue weighted by atomic mass is 10.1. The Morgan fingerprint density at radius 3 is 2.33 bits per heavy atom. The molecular formula is C14H13F2NO3S. The molecule has 4 nitrogen and oxygen atoms in total. The van der Waals surface area contributed by atoms with Crippen molar-refractivity contribution in [1.29, 1.82) is 0 Å². The predicted molar refractivity (Wildman–Crippen MR) is 74.4 cm³/mol. The number of aliphatic hydroxyl groups is 1. The molecule has 0 saturated carbocycles. The SMILES string of the molecule is O=S(=O)(Nc1ccc(CCO)cc1)c1cc(F)ccc1F. The van der Waals surface area contributed by atoms with Gasteiger partial charge in [0.1, 0.15) is 16.5 Å². The van der Waals surface area contributed by atoms with E-state index in [9.17, 15) is 17.2 Å². The van der Waals surface area contributed by atoms with Crippen LogP contribution in [-0.4, -0.2) is 20.1 Å². The van der Waals surface area contributed by atoms with Crippen molar-refractivity contribution in [3.05, 3.63) is 59.7 Å². The Balaban J connectivity index is 2.26. The Hall–Kier alpha value is -1.99. The summed E-state index contributed by atoms with van der Waals surface area (Å²) < 4.78 is 52.8. The molecule has 0 aromatic heterocycles. The van der Waals surface area contributed by atoms with Gasteiger partial charge in [0.15, 0.2) is 0 Å². The minimum atomic E-state index is -4.21. The average Bonchev–Trinajstić information content (AvgIpc) is 2.43. The highest BCUT2D eigenvalue weighted by Crippen LogP contribution is 2.20. The first kappa shape index (κ1) is 15.4. The number of hydrogen-bond donors (Lipinski definition) is 2. The van der Waals surface area contributed by atoms with Crippen LogP contribution in [0.3, 0.4) is 0 Å². The molecular weight excluding hydrogens is 300 g/mol. The smallest absolute Gasteiger partial charge is 0.264 e. The monoisotopic (exact) mass is 313 g/mol. The molecule has 0 aliphatic carbocycles. The van der Waals surface area contributed by atoms with Crippen molar-refractivity contribution < 1.29 is 22.3 Å². The lowest BCUT2D eigenvalue weighted by Crippen LogP contribution is -2.15. The molecule has 0 bridgehead atoms. The highest BCUT2D eigenvalue weighted by atomic mass is 32.2. The standard InChI is InChI=1S/C14H13F2NO3S/c15-11-3-6-13(16)14(9-11)21(19,20)17-12-4-1-10(2-5-12)7-8-18/h1-6,9,17-18H,7-8H2. The van der Waals surface area contributed by atoms with E-state index in [0.29, 0.717) is 12.5 Å². The summed E-state index contributed by atoms with van der Waals surface area (Å²) in [4.78, 5) is -0.748. The number of hydrogen-bond acceptors (Lipinski definition) is 3. The van der Waals surface area contributed by atoms with Gasteiger partial charge in [-0.05, 0) is 42.3 Å². The summed E-state index contributed by atoms with van der Waals surface area (Å²) in [5.41, 5.74) is 1.05. The molecule has 0 fully saturated rings. The van der Waals surface area contributed by atoms with Crippen LogP contribution in [0.1, 0.15) is 5.56 Å². The minimum Gasteiger partial charge on any atom is -0.396 e. The maximum absolute atomic E-state index is 13.5. The van der Waals surface area contributed by atoms with Crippen molar-refractivity contribution in [2.24, 2.45) is 0 Å². The summed E-state index contributed by atoms with van der Waals surface area (Å²) in [6, 6.07) is 8.47. The molecule has 2 aromatic carbocycles. The normalized spacial score (nSPS) is 11.4. The topological polar surface area (TPSA) is 66.4 Å². The fourth-order valence-electron chi connectivity index (χ4n) is 1.76. The minimum absolute atomic E-state index is 0.0143. The van der Waals surface area contributed by atoms with Gasteiger partial charge in [0.05, 0.1) is 0 Å². The van der Waals surface area contributed by atoms with Crippen molar-refractivity contribution in [2.75, 3.05) is 11.3 Å². The Bertz CT molecular complexity index is 730. The zero-order chi connectivity index (χ0) is 15.5. The zero-order valence-electron chi connectivity index (χ0n) is 10.9. The van der Waals surface area contributed by atoms with Gasteiger partial charge in [0.25, 0.3) is 10.0 Å². The zero-order valence-corrected chi connectivity index (χ0v) is 11.7. The summed E-state index contributed by atoms with van der Waals surface area (Å²) in [6.07, 6.45) is 0.450. The Morgan fingerprint density at radius 1 is 1.05 bits per heavy atom. The van der Waals surface area contributed by atoms with E-state index in [0.717, 1.165) is 17.7 Å². The summed E-state index contributed by atoms with van der Waals surface area (Å²) in [5, 5.41) is 8.79. The largest absolute Gasteiger partial charge is 0.396 e. The van der Waals surface area contributed by atoms with Gasteiger partial charge in [-0.15, -0.1) is 0 Å². The summed E-state index contributed by atoms with van der Waals surface area (Å²) in [7, 11) is -4.21. The second-order valence-electron chi connectivity index (χ2n) is 4.35. The highest BCUT2D eigenvalue weighted by Gasteiger charge is 2.20. The van der Waals surface area contributed by atoms with Crippen molar-refractivity contribution >= 4 is 15.7 Å². The van der Waals surface area contributed by atoms with Crippen molar-refractivity contribution in [1.82, 2.24) is 0 Å². The summed E-state index contributed by atoms with van der Waals surface area (Å²) in [5.74, 6) is -1.86. The van der Waals surface area contributed by atoms with E-state index in [2.05, 4.69) is 4.72 Å². The maximum atomic E-state index is 13.5. The molecule has 2 aromatic rings. The van der Waals surface area contributed by atoms with E-state index in [1.54, 1.807) is 12.1 Å². The lowest BCUT2D eigenvalue weighted by Gasteiger charge is -2.09. The molecule has 112 valence electrons. The third-order valence-corrected chi connectivity index (χ3v) is 4.19. The van der Waals surface area contributed by atoms with Crippen LogP contribution in [-0.2, 0) is 16.4 Å². The van der Waals surface area contributed by atoms with Crippen molar-refractivity contribution in [3.63, 3.8) is 0 Å². The highest BCUT2D eigenvalue weighted by molar-refractivity contribution is 7.92. The number of benzene rings is 2. The number of rotatable bonds is 5. The van der Waals surface area contributed by atoms with Crippen molar-refractivity contribution in [2.45, 2.75) is 11.3 Å². The van der Waals surface area contributed by atoms with Gasteiger partial charge in [-0.25, -0.2) is 17.2 Å². The quantitative estimate of drug-likeness (QED) is 0.890. The molecule has 0 spiro atoms. The average molecular weight is 313 g/mol. The van der Waals surface area contributed by atoms with Crippen molar-refractivity contribution in [3.8, 4) is 0 Å². The van der Waals surface area contributed by atoms with E-state index in [4.69, 9.17) is 5.11 Å². The van der Waals surface area contributed by atoms with E-state index < -0.39 is 26.6 Å². The van der Waals surface area contributed by atoms with Gasteiger partial charge >= 0.3 is 0 Å². The van der Waals surface area contributed by atoms with Gasteiger partial charge in [-0.2, -0.15) is 0 Å². The van der Waals surface area contributed by atoms with Crippen LogP contribution in [0.2, 0.25) is 0 Å². The Morgan fingerprint density at radius 2 is 1.71 bits per heavy atom. The third kappa shape index (κ3) is 3.77. The molecule has 0 unspecified atom stereocenters. The fraction of sp³-hybridized carbons (Fsp3) is 0.143. The molecule has 7 heteroatoms. The molecule has 0 aliphatic heterocycles. The Kier molecular flexibility index (Phi) is 4.54. The molecule has 0 amide bonds. The second-order valence-corrected chi connectivity index (χ2v) is 6.00. The van der Waals surface area contributed by atoms with Crippen LogP contribution in [0.15, 0.2) is 47.4 Å². The van der Waals surface area contributed by atoms with Crippen LogP contribution < -0.4 is 4.72 Å². The molecule has 2 rings (SSSR count). The van der Waals surface area contributed by atoms with Crippen LogP contribution in [0.4, 0.5) is 14.5 Å². The van der Waals surface area contributed by atoms with E-state index in [1.807, 2.05) is 0 Å². The van der Waals surface area contributed by atoms with E-state index in [-0.39, 0.29) is 12.3 Å². The number of halogens is 2. The maximum Gasteiger partial charge on any atom is 0.264 e. The number of nitrogens with one attached hydrogen (secondary N) is 1. The third-order valence-electron chi connectivity index (χ3n) is 2.79. The molecule has 0 aliphatic rings. The number of sulfonamides is 1. The molecule has 0 saturated heterocycles. The van der Waals surface area contributed by atoms with Gasteiger partial charge < -0.3 is 5.11 Å². The van der Waals surface area contributed by atoms with Gasteiger partial charge in [0.2, 0.25) is 0 Å². The van der Waals surface area contributed by atoms with E-state index in [1.165, 1.54) is 12.1 Å². The van der Waals surface area contributed by atoms with Gasteiger partial charge in [-0.1, -0.05) is 12.1 Å². The number of aliphatic hydroxyl groups excluding tert-OH is 1. The summed E-state index contributed by atoms with van der Waals surface area (Å²) >= 11 is 0. The van der Waals surface area contributed by atoms with Crippen LogP contribution in [0.25, 0.3) is 0 Å². The lowest BCUT2D eigenvalue weighted by molar-refractivity contribution is 0.299. The summed E-state index contributed by atoms with van der Waals surface area (Å²) in [6.45, 7) is -0.0143. The fourth-order valence-corrected chi connectivity index (χ4v) is 2.91. The second kappa shape index (κ2) is 6.19.